The number of aliphatic hydroxyl groups is 1. The smallest absolute Gasteiger partial charge is 0.251 e. The molecule has 2 aromatic carbocycles. The minimum absolute atomic E-state index is 0.0620. The SMILES string of the molecule is C=CCN(CCC)C(=O)[C@@H]1[C@H]2C(=O)N([C@H](CO)c3ccccc3)C(C(=O)N(CC=C)c3ccc(OC)cc3)C23CC[C@@]1(C)S3. The first kappa shape index (κ1) is 31.9. The lowest BCUT2D eigenvalue weighted by molar-refractivity contribution is -0.146. The first-order chi connectivity index (χ1) is 21.2. The molecule has 0 aliphatic carbocycles. The lowest BCUT2D eigenvalue weighted by Gasteiger charge is -2.39. The van der Waals surface area contributed by atoms with E-state index in [-0.39, 0.29) is 30.9 Å². The molecule has 2 unspecified atom stereocenters. The van der Waals surface area contributed by atoms with Crippen molar-refractivity contribution in [3.8, 4) is 5.75 Å². The molecule has 3 aliphatic heterocycles. The molecule has 0 aromatic heterocycles. The number of amides is 3. The van der Waals surface area contributed by atoms with Crippen molar-refractivity contribution in [3.63, 3.8) is 0 Å². The molecule has 3 amide bonds. The van der Waals surface area contributed by atoms with Crippen LogP contribution >= 0.6 is 11.8 Å². The second kappa shape index (κ2) is 12.8. The number of aliphatic hydroxyl groups excluding tert-OH is 1. The molecule has 0 radical (unpaired) electrons. The summed E-state index contributed by atoms with van der Waals surface area (Å²) in [5.41, 5.74) is 1.39. The van der Waals surface area contributed by atoms with Crippen molar-refractivity contribution in [1.82, 2.24) is 9.80 Å². The number of likely N-dealkylation sites (tertiary alicyclic amines) is 1. The maximum atomic E-state index is 15.0. The van der Waals surface area contributed by atoms with Crippen LogP contribution in [0, 0.1) is 11.8 Å². The third-order valence-electron chi connectivity index (χ3n) is 9.52. The number of ether oxygens (including phenoxy) is 1. The van der Waals surface area contributed by atoms with Gasteiger partial charge in [0.2, 0.25) is 11.8 Å². The van der Waals surface area contributed by atoms with Crippen molar-refractivity contribution in [3.05, 3.63) is 85.5 Å². The first-order valence-electron chi connectivity index (χ1n) is 15.4. The van der Waals surface area contributed by atoms with Crippen LogP contribution in [0.4, 0.5) is 5.69 Å². The van der Waals surface area contributed by atoms with E-state index in [9.17, 15) is 19.5 Å². The largest absolute Gasteiger partial charge is 0.497 e. The van der Waals surface area contributed by atoms with Crippen molar-refractivity contribution in [2.75, 3.05) is 38.3 Å². The van der Waals surface area contributed by atoms with E-state index in [1.807, 2.05) is 49.4 Å². The zero-order chi connectivity index (χ0) is 31.6. The van der Waals surface area contributed by atoms with Gasteiger partial charge in [0.1, 0.15) is 11.8 Å². The van der Waals surface area contributed by atoms with Gasteiger partial charge in [0.25, 0.3) is 5.91 Å². The van der Waals surface area contributed by atoms with Gasteiger partial charge in [-0.1, -0.05) is 49.4 Å². The van der Waals surface area contributed by atoms with E-state index in [2.05, 4.69) is 20.1 Å². The van der Waals surface area contributed by atoms with Gasteiger partial charge in [-0.2, -0.15) is 0 Å². The molecule has 44 heavy (non-hydrogen) atoms. The summed E-state index contributed by atoms with van der Waals surface area (Å²) in [5.74, 6) is -1.19. The van der Waals surface area contributed by atoms with Crippen LogP contribution < -0.4 is 9.64 Å². The Balaban J connectivity index is 1.65. The highest BCUT2D eigenvalue weighted by Crippen LogP contribution is 2.72. The third kappa shape index (κ3) is 5.13. The molecule has 6 atom stereocenters. The third-order valence-corrected chi connectivity index (χ3v) is 11.5. The van der Waals surface area contributed by atoms with Gasteiger partial charge in [0, 0.05) is 30.1 Å². The van der Waals surface area contributed by atoms with Gasteiger partial charge in [0.05, 0.1) is 36.3 Å². The Bertz CT molecular complexity index is 1400. The fourth-order valence-corrected chi connectivity index (χ4v) is 9.99. The van der Waals surface area contributed by atoms with Gasteiger partial charge in [-0.3, -0.25) is 14.4 Å². The normalized spacial score (nSPS) is 27.5. The number of fused-ring (bicyclic) bond motifs is 1. The van der Waals surface area contributed by atoms with E-state index in [1.165, 1.54) is 0 Å². The second-order valence-corrected chi connectivity index (χ2v) is 14.0. The highest BCUT2D eigenvalue weighted by Gasteiger charge is 2.78. The minimum atomic E-state index is -0.900. The zero-order valence-electron chi connectivity index (χ0n) is 25.9. The Labute approximate surface area is 264 Å². The van der Waals surface area contributed by atoms with Crippen molar-refractivity contribution in [2.45, 2.75) is 54.7 Å². The van der Waals surface area contributed by atoms with E-state index in [1.54, 1.807) is 57.9 Å². The monoisotopic (exact) mass is 617 g/mol. The molecule has 1 N–H and O–H groups in total. The molecule has 8 nitrogen and oxygen atoms in total. The van der Waals surface area contributed by atoms with Crippen LogP contribution in [0.5, 0.6) is 5.75 Å². The van der Waals surface area contributed by atoms with Gasteiger partial charge in [-0.25, -0.2) is 0 Å². The van der Waals surface area contributed by atoms with Crippen LogP contribution in [-0.4, -0.2) is 81.5 Å². The van der Waals surface area contributed by atoms with Gasteiger partial charge in [-0.05, 0) is 56.0 Å². The molecule has 2 aromatic rings. The van der Waals surface area contributed by atoms with Crippen LogP contribution in [0.15, 0.2) is 79.9 Å². The molecule has 5 rings (SSSR count). The molecule has 3 aliphatic rings. The van der Waals surface area contributed by atoms with Crippen LogP contribution in [0.3, 0.4) is 0 Å². The number of hydrogen-bond donors (Lipinski definition) is 1. The number of carbonyl (C=O) groups excluding carboxylic acids is 3. The predicted molar refractivity (Wildman–Crippen MR) is 174 cm³/mol. The van der Waals surface area contributed by atoms with Gasteiger partial charge >= 0.3 is 0 Å². The van der Waals surface area contributed by atoms with E-state index in [0.717, 1.165) is 12.0 Å². The van der Waals surface area contributed by atoms with Crippen LogP contribution in [0.1, 0.15) is 44.7 Å². The Morgan fingerprint density at radius 3 is 2.36 bits per heavy atom. The summed E-state index contributed by atoms with van der Waals surface area (Å²) in [5, 5.41) is 10.8. The van der Waals surface area contributed by atoms with Gasteiger partial charge < -0.3 is 24.5 Å². The lowest BCUT2D eigenvalue weighted by atomic mass is 9.66. The maximum Gasteiger partial charge on any atom is 0.251 e. The number of methoxy groups -OCH3 is 1. The Morgan fingerprint density at radius 1 is 1.09 bits per heavy atom. The standard InChI is InChI=1S/C35H43N3O5S/c1-6-20-36(21-7-2)31(40)28-29-32(41)38(27(23-39)24-12-10-9-11-13-24)30(35(29)19-18-34(28,4)44-35)33(42)37(22-8-3)25-14-16-26(43-5)17-15-25/h6,8-17,27-30,39H,1,3,7,18-23H2,2,4-5H3/t27-,28+,29+,30?,34-,35?/m1/s1. The fourth-order valence-electron chi connectivity index (χ4n) is 7.66. The number of thioether (sulfide) groups is 1. The molecule has 0 saturated carbocycles. The van der Waals surface area contributed by atoms with Gasteiger partial charge in [0.15, 0.2) is 0 Å². The molecule has 3 heterocycles. The molecule has 3 fully saturated rings. The molecule has 3 saturated heterocycles. The summed E-state index contributed by atoms with van der Waals surface area (Å²) < 4.78 is 4.01. The molecular formula is C35H43N3O5S. The average molecular weight is 618 g/mol. The fraction of sp³-hybridized carbons (Fsp3) is 0.457. The minimum Gasteiger partial charge on any atom is -0.497 e. The number of hydrogen-bond acceptors (Lipinski definition) is 6. The summed E-state index contributed by atoms with van der Waals surface area (Å²) in [6, 6.07) is 14.9. The predicted octanol–water partition coefficient (Wildman–Crippen LogP) is 4.85. The van der Waals surface area contributed by atoms with Crippen molar-refractivity contribution >= 4 is 35.2 Å². The molecular weight excluding hydrogens is 574 g/mol. The topological polar surface area (TPSA) is 90.4 Å². The number of nitrogens with zero attached hydrogens (tertiary/aromatic N) is 3. The highest BCUT2D eigenvalue weighted by molar-refractivity contribution is 8.02. The molecule has 9 heteroatoms. The Kier molecular flexibility index (Phi) is 9.28. The molecule has 2 bridgehead atoms. The van der Waals surface area contributed by atoms with E-state index >= 15 is 0 Å². The van der Waals surface area contributed by atoms with E-state index < -0.39 is 33.4 Å². The maximum absolute atomic E-state index is 15.0. The van der Waals surface area contributed by atoms with Crippen LogP contribution in [0.2, 0.25) is 0 Å². The van der Waals surface area contributed by atoms with Crippen molar-refractivity contribution in [2.24, 2.45) is 11.8 Å². The van der Waals surface area contributed by atoms with Crippen molar-refractivity contribution < 1.29 is 24.2 Å². The summed E-state index contributed by atoms with van der Waals surface area (Å²) in [4.78, 5) is 49.3. The zero-order valence-corrected chi connectivity index (χ0v) is 26.7. The summed E-state index contributed by atoms with van der Waals surface area (Å²) in [6.07, 6.45) is 5.51. The van der Waals surface area contributed by atoms with Gasteiger partial charge in [-0.15, -0.1) is 24.9 Å². The summed E-state index contributed by atoms with van der Waals surface area (Å²) in [6.45, 7) is 12.7. The van der Waals surface area contributed by atoms with Crippen LogP contribution in [0.25, 0.3) is 0 Å². The lowest BCUT2D eigenvalue weighted by Crippen LogP contribution is -2.56. The summed E-state index contributed by atoms with van der Waals surface area (Å²) >= 11 is 1.63. The quantitative estimate of drug-likeness (QED) is 0.323. The Hall–Kier alpha value is -3.56. The number of benzene rings is 2. The molecule has 1 spiro atoms. The van der Waals surface area contributed by atoms with Crippen LogP contribution in [-0.2, 0) is 14.4 Å². The second-order valence-electron chi connectivity index (χ2n) is 12.1. The Morgan fingerprint density at radius 2 is 1.77 bits per heavy atom. The van der Waals surface area contributed by atoms with E-state index in [0.29, 0.717) is 37.4 Å². The van der Waals surface area contributed by atoms with Crippen molar-refractivity contribution in [1.29, 1.82) is 0 Å². The molecule has 234 valence electrons. The number of anilines is 1. The summed E-state index contributed by atoms with van der Waals surface area (Å²) in [7, 11) is 1.59. The van der Waals surface area contributed by atoms with E-state index in [4.69, 9.17) is 4.74 Å². The number of carbonyl (C=O) groups is 3. The number of rotatable bonds is 13. The first-order valence-corrected chi connectivity index (χ1v) is 16.2. The highest BCUT2D eigenvalue weighted by atomic mass is 32.2. The average Bonchev–Trinajstić information content (AvgIpc) is 3.61.